The predicted molar refractivity (Wildman–Crippen MR) is 90.7 cm³/mol. The van der Waals surface area contributed by atoms with Gasteiger partial charge in [-0.2, -0.15) is 0 Å². The first-order chi connectivity index (χ1) is 11.1. The second-order valence-corrected chi connectivity index (χ2v) is 7.07. The van der Waals surface area contributed by atoms with Gasteiger partial charge in [-0.3, -0.25) is 0 Å². The molecule has 1 rings (SSSR count). The van der Waals surface area contributed by atoms with E-state index in [1.54, 1.807) is 26.8 Å². The van der Waals surface area contributed by atoms with E-state index in [9.17, 15) is 14.7 Å². The third-order valence-electron chi connectivity index (χ3n) is 3.89. The van der Waals surface area contributed by atoms with Gasteiger partial charge < -0.3 is 25.6 Å². The summed E-state index contributed by atoms with van der Waals surface area (Å²) in [7, 11) is 0. The van der Waals surface area contributed by atoms with Crippen LogP contribution in [-0.4, -0.2) is 47.1 Å². The van der Waals surface area contributed by atoms with Crippen molar-refractivity contribution < 1.29 is 24.2 Å². The van der Waals surface area contributed by atoms with Gasteiger partial charge in [-0.25, -0.2) is 9.59 Å². The lowest BCUT2D eigenvalue weighted by molar-refractivity contribution is -0.133. The minimum absolute atomic E-state index is 0.00683. The highest BCUT2D eigenvalue weighted by Crippen LogP contribution is 2.23. The summed E-state index contributed by atoms with van der Waals surface area (Å²) in [6.45, 7) is 9.28. The zero-order valence-electron chi connectivity index (χ0n) is 15.2. The molecule has 4 N–H and O–H groups in total. The Kier molecular flexibility index (Phi) is 7.23. The number of alkyl carbamates (subject to hydrolysis) is 1. The Morgan fingerprint density at radius 2 is 1.96 bits per heavy atom. The molecule has 7 nitrogen and oxygen atoms in total. The van der Waals surface area contributed by atoms with Crippen LogP contribution in [0, 0.1) is 0 Å². The van der Waals surface area contributed by atoms with Crippen LogP contribution in [0.15, 0.2) is 11.6 Å². The van der Waals surface area contributed by atoms with Gasteiger partial charge in [0.2, 0.25) is 0 Å². The summed E-state index contributed by atoms with van der Waals surface area (Å²) >= 11 is 0. The van der Waals surface area contributed by atoms with Crippen LogP contribution < -0.4 is 11.1 Å². The molecule has 0 aromatic rings. The Morgan fingerprint density at radius 3 is 2.42 bits per heavy atom. The van der Waals surface area contributed by atoms with E-state index in [0.717, 1.165) is 12.8 Å². The molecule has 0 radical (unpaired) electrons. The molecule has 7 heteroatoms. The molecule has 0 unspecified atom stereocenters. The van der Waals surface area contributed by atoms with E-state index in [1.807, 2.05) is 13.8 Å². The van der Waals surface area contributed by atoms with Gasteiger partial charge in [0, 0.05) is 12.0 Å². The maximum absolute atomic E-state index is 12.0. The van der Waals surface area contributed by atoms with Gasteiger partial charge in [-0.05, 0) is 39.7 Å². The van der Waals surface area contributed by atoms with Crippen molar-refractivity contribution in [3.05, 3.63) is 11.6 Å². The quantitative estimate of drug-likeness (QED) is 0.682. The number of carbonyl (C=O) groups is 2. The van der Waals surface area contributed by atoms with Gasteiger partial charge in [-0.1, -0.05) is 13.8 Å². The van der Waals surface area contributed by atoms with Crippen molar-refractivity contribution in [2.45, 2.75) is 83.8 Å². The number of rotatable bonds is 6. The molecule has 0 heterocycles. The van der Waals surface area contributed by atoms with E-state index in [1.165, 1.54) is 0 Å². The average Bonchev–Trinajstić information content (AvgIpc) is 2.45. The maximum Gasteiger partial charge on any atom is 0.407 e. The van der Waals surface area contributed by atoms with Crippen molar-refractivity contribution in [1.29, 1.82) is 0 Å². The summed E-state index contributed by atoms with van der Waals surface area (Å²) in [5.41, 5.74) is 5.77. The van der Waals surface area contributed by atoms with Crippen molar-refractivity contribution in [2.75, 3.05) is 0 Å². The molecule has 1 aliphatic rings. The zero-order chi connectivity index (χ0) is 18.5. The summed E-state index contributed by atoms with van der Waals surface area (Å²) in [5, 5.41) is 12.0. The van der Waals surface area contributed by atoms with Crippen LogP contribution in [0.3, 0.4) is 0 Å². The van der Waals surface area contributed by atoms with Crippen molar-refractivity contribution in [1.82, 2.24) is 5.32 Å². The Balaban J connectivity index is 2.88. The number of carboxylic acid groups (broad SMARTS) is 1. The normalized spacial score (nSPS) is 24.5. The van der Waals surface area contributed by atoms with Crippen LogP contribution in [0.25, 0.3) is 0 Å². The Labute approximate surface area is 143 Å². The first kappa shape index (κ1) is 20.4. The standard InChI is InChI=1S/C17H30N2O5/c1-6-11(7-2)23-13-9-10(15(20)21)8-12(14(13)18)19-16(22)24-17(3,4)5/h9,11-14H,6-8,18H2,1-5H3,(H,19,22)(H,20,21)/t12-,13+,14+/m0/s1. The monoisotopic (exact) mass is 342 g/mol. The maximum atomic E-state index is 12.0. The SMILES string of the molecule is CCC(CC)O[C@@H]1C=C(C(=O)O)C[C@H](NC(=O)OC(C)(C)C)[C@H]1N. The molecule has 1 amide bonds. The molecule has 0 fully saturated rings. The number of hydrogen-bond acceptors (Lipinski definition) is 5. The summed E-state index contributed by atoms with van der Waals surface area (Å²) in [5.74, 6) is -1.03. The topological polar surface area (TPSA) is 111 Å². The highest BCUT2D eigenvalue weighted by atomic mass is 16.6. The molecule has 0 bridgehead atoms. The van der Waals surface area contributed by atoms with Crippen LogP contribution in [-0.2, 0) is 14.3 Å². The van der Waals surface area contributed by atoms with Gasteiger partial charge in [0.15, 0.2) is 0 Å². The molecule has 0 aromatic carbocycles. The Morgan fingerprint density at radius 1 is 1.38 bits per heavy atom. The number of nitrogens with two attached hydrogens (primary N) is 1. The minimum Gasteiger partial charge on any atom is -0.478 e. The van der Waals surface area contributed by atoms with E-state index in [4.69, 9.17) is 15.2 Å². The highest BCUT2D eigenvalue weighted by Gasteiger charge is 2.36. The molecule has 0 saturated heterocycles. The summed E-state index contributed by atoms with van der Waals surface area (Å²) in [6, 6.07) is -1.10. The highest BCUT2D eigenvalue weighted by molar-refractivity contribution is 5.87. The number of carbonyl (C=O) groups excluding carboxylic acids is 1. The Bertz CT molecular complexity index is 480. The lowest BCUT2D eigenvalue weighted by Crippen LogP contribution is -2.57. The van der Waals surface area contributed by atoms with Crippen LogP contribution in [0.5, 0.6) is 0 Å². The van der Waals surface area contributed by atoms with E-state index in [0.29, 0.717) is 0 Å². The molecule has 1 aliphatic carbocycles. The molecule has 3 atom stereocenters. The number of nitrogens with one attached hydrogen (secondary N) is 1. The lowest BCUT2D eigenvalue weighted by Gasteiger charge is -2.36. The van der Waals surface area contributed by atoms with Crippen molar-refractivity contribution >= 4 is 12.1 Å². The van der Waals surface area contributed by atoms with E-state index < -0.39 is 35.9 Å². The fraction of sp³-hybridized carbons (Fsp3) is 0.765. The summed E-state index contributed by atoms with van der Waals surface area (Å²) < 4.78 is 11.2. The zero-order valence-corrected chi connectivity index (χ0v) is 15.2. The van der Waals surface area contributed by atoms with Gasteiger partial charge in [0.05, 0.1) is 24.3 Å². The van der Waals surface area contributed by atoms with Gasteiger partial charge in [0.25, 0.3) is 0 Å². The first-order valence-corrected chi connectivity index (χ1v) is 8.41. The van der Waals surface area contributed by atoms with Crippen LogP contribution in [0.4, 0.5) is 4.79 Å². The first-order valence-electron chi connectivity index (χ1n) is 8.41. The van der Waals surface area contributed by atoms with E-state index in [-0.39, 0.29) is 18.1 Å². The predicted octanol–water partition coefficient (Wildman–Crippen LogP) is 2.20. The van der Waals surface area contributed by atoms with E-state index in [2.05, 4.69) is 5.32 Å². The molecule has 0 spiro atoms. The largest absolute Gasteiger partial charge is 0.478 e. The fourth-order valence-corrected chi connectivity index (χ4v) is 2.58. The number of amides is 1. The third kappa shape index (κ3) is 6.13. The number of carboxylic acids is 1. The van der Waals surface area contributed by atoms with Gasteiger partial charge in [0.1, 0.15) is 5.60 Å². The van der Waals surface area contributed by atoms with Gasteiger partial charge in [-0.15, -0.1) is 0 Å². The summed E-state index contributed by atoms with van der Waals surface area (Å²) in [4.78, 5) is 23.4. The molecule has 0 saturated carbocycles. The van der Waals surface area contributed by atoms with Crippen LogP contribution in [0.1, 0.15) is 53.9 Å². The average molecular weight is 342 g/mol. The molecule has 0 aliphatic heterocycles. The number of ether oxygens (including phenoxy) is 2. The van der Waals surface area contributed by atoms with Crippen molar-refractivity contribution in [2.24, 2.45) is 5.73 Å². The fourth-order valence-electron chi connectivity index (χ4n) is 2.58. The smallest absolute Gasteiger partial charge is 0.407 e. The number of aliphatic carboxylic acids is 1. The van der Waals surface area contributed by atoms with Gasteiger partial charge >= 0.3 is 12.1 Å². The van der Waals surface area contributed by atoms with E-state index >= 15 is 0 Å². The molecular weight excluding hydrogens is 312 g/mol. The lowest BCUT2D eigenvalue weighted by atomic mass is 9.88. The molecular formula is C17H30N2O5. The van der Waals surface area contributed by atoms with Crippen LogP contribution in [0.2, 0.25) is 0 Å². The minimum atomic E-state index is -1.03. The second kappa shape index (κ2) is 8.48. The molecule has 24 heavy (non-hydrogen) atoms. The summed E-state index contributed by atoms with van der Waals surface area (Å²) in [6.07, 6.45) is 2.12. The number of hydrogen-bond donors (Lipinski definition) is 3. The van der Waals surface area contributed by atoms with Crippen molar-refractivity contribution in [3.8, 4) is 0 Å². The van der Waals surface area contributed by atoms with Crippen LogP contribution >= 0.6 is 0 Å². The Hall–Kier alpha value is -1.60. The van der Waals surface area contributed by atoms with Crippen molar-refractivity contribution in [3.63, 3.8) is 0 Å². The second-order valence-electron chi connectivity index (χ2n) is 7.07. The third-order valence-corrected chi connectivity index (χ3v) is 3.89. The molecule has 138 valence electrons. The molecule has 0 aromatic heterocycles.